The standard InChI is InChI=1S/C19H24N6O2/c26-18-4-6-24(19(27)21-18)17-11-20-25-7-3-14(10-16(17)25)12-22-8-9-23-5-1-2-15(23)13-22/h3,7,10-11,15H,1-2,4-6,8-9,12-13H2,(H,21,26,27)/t15-/m0/s1. The highest BCUT2D eigenvalue weighted by molar-refractivity contribution is 6.07. The van der Waals surface area contributed by atoms with E-state index in [1.54, 1.807) is 15.6 Å². The van der Waals surface area contributed by atoms with Crippen LogP contribution in [0.2, 0.25) is 0 Å². The molecule has 1 atom stereocenters. The Morgan fingerprint density at radius 3 is 3.00 bits per heavy atom. The molecule has 5 rings (SSSR count). The van der Waals surface area contributed by atoms with Crippen molar-refractivity contribution in [2.75, 3.05) is 37.6 Å². The Bertz CT molecular complexity index is 893. The van der Waals surface area contributed by atoms with Gasteiger partial charge in [-0.15, -0.1) is 0 Å². The molecule has 0 unspecified atom stereocenters. The van der Waals surface area contributed by atoms with Crippen molar-refractivity contribution in [3.05, 3.63) is 30.1 Å². The van der Waals surface area contributed by atoms with Crippen molar-refractivity contribution in [2.45, 2.75) is 31.8 Å². The number of rotatable bonds is 3. The monoisotopic (exact) mass is 368 g/mol. The summed E-state index contributed by atoms with van der Waals surface area (Å²) in [6, 6.07) is 4.56. The zero-order valence-corrected chi connectivity index (χ0v) is 15.3. The smallest absolute Gasteiger partial charge is 0.298 e. The molecule has 27 heavy (non-hydrogen) atoms. The quantitative estimate of drug-likeness (QED) is 0.877. The summed E-state index contributed by atoms with van der Waals surface area (Å²) in [5, 5.41) is 6.75. The predicted molar refractivity (Wildman–Crippen MR) is 101 cm³/mol. The molecule has 8 heteroatoms. The lowest BCUT2D eigenvalue weighted by atomic mass is 10.1. The number of hydrogen-bond donors (Lipinski definition) is 1. The maximum atomic E-state index is 12.2. The molecule has 142 valence electrons. The SMILES string of the molecule is O=C1CCN(c2cnn3ccc(CN4CCN5CCC[C@H]5C4)cc23)C(=O)N1. The number of imide groups is 1. The summed E-state index contributed by atoms with van der Waals surface area (Å²) in [4.78, 5) is 30.4. The Balaban J connectivity index is 1.37. The fourth-order valence-corrected chi connectivity index (χ4v) is 4.57. The van der Waals surface area contributed by atoms with E-state index in [9.17, 15) is 9.59 Å². The second kappa shape index (κ2) is 6.61. The number of piperazine rings is 1. The average molecular weight is 368 g/mol. The average Bonchev–Trinajstić information content (AvgIpc) is 3.28. The normalized spacial score (nSPS) is 24.4. The Hall–Kier alpha value is -2.45. The van der Waals surface area contributed by atoms with Gasteiger partial charge in [-0.3, -0.25) is 24.8 Å². The molecule has 0 bridgehead atoms. The Kier molecular flexibility index (Phi) is 4.09. The molecule has 3 fully saturated rings. The van der Waals surface area contributed by atoms with E-state index in [1.807, 2.05) is 6.20 Å². The van der Waals surface area contributed by atoms with Gasteiger partial charge in [-0.2, -0.15) is 5.10 Å². The molecule has 2 aromatic rings. The van der Waals surface area contributed by atoms with Gasteiger partial charge in [-0.1, -0.05) is 0 Å². The summed E-state index contributed by atoms with van der Waals surface area (Å²) >= 11 is 0. The van der Waals surface area contributed by atoms with Crippen molar-refractivity contribution in [1.82, 2.24) is 24.7 Å². The summed E-state index contributed by atoms with van der Waals surface area (Å²) in [7, 11) is 0. The second-order valence-electron chi connectivity index (χ2n) is 7.72. The van der Waals surface area contributed by atoms with Gasteiger partial charge in [-0.25, -0.2) is 9.31 Å². The predicted octanol–water partition coefficient (Wildman–Crippen LogP) is 1.06. The van der Waals surface area contributed by atoms with E-state index in [4.69, 9.17) is 0 Å². The number of carbonyl (C=O) groups excluding carboxylic acids is 2. The van der Waals surface area contributed by atoms with Gasteiger partial charge in [0.1, 0.15) is 0 Å². The molecule has 5 heterocycles. The highest BCUT2D eigenvalue weighted by Gasteiger charge is 2.30. The number of nitrogens with zero attached hydrogens (tertiary/aromatic N) is 5. The van der Waals surface area contributed by atoms with Crippen molar-refractivity contribution >= 4 is 23.1 Å². The molecule has 0 saturated carbocycles. The molecular formula is C19H24N6O2. The highest BCUT2D eigenvalue weighted by atomic mass is 16.2. The van der Waals surface area contributed by atoms with Crippen molar-refractivity contribution in [1.29, 1.82) is 0 Å². The number of pyridine rings is 1. The summed E-state index contributed by atoms with van der Waals surface area (Å²) in [5.74, 6) is -0.223. The van der Waals surface area contributed by atoms with Gasteiger partial charge in [0.25, 0.3) is 0 Å². The number of nitrogens with one attached hydrogen (secondary N) is 1. The zero-order chi connectivity index (χ0) is 18.4. The third-order valence-electron chi connectivity index (χ3n) is 5.99. The van der Waals surface area contributed by atoms with Gasteiger partial charge in [0, 0.05) is 51.4 Å². The first-order chi connectivity index (χ1) is 13.2. The second-order valence-corrected chi connectivity index (χ2v) is 7.72. The summed E-state index contributed by atoms with van der Waals surface area (Å²) in [6.07, 6.45) is 6.60. The zero-order valence-electron chi connectivity index (χ0n) is 15.3. The minimum atomic E-state index is -0.371. The van der Waals surface area contributed by atoms with Gasteiger partial charge in [0.2, 0.25) is 5.91 Å². The van der Waals surface area contributed by atoms with Crippen LogP contribution in [-0.2, 0) is 11.3 Å². The van der Waals surface area contributed by atoms with Crippen LogP contribution in [0.25, 0.3) is 5.52 Å². The Labute approximate surface area is 157 Å². The van der Waals surface area contributed by atoms with E-state index in [2.05, 4.69) is 32.3 Å². The van der Waals surface area contributed by atoms with E-state index >= 15 is 0 Å². The fourth-order valence-electron chi connectivity index (χ4n) is 4.57. The molecule has 0 spiro atoms. The Morgan fingerprint density at radius 1 is 1.19 bits per heavy atom. The minimum Gasteiger partial charge on any atom is -0.298 e. The van der Waals surface area contributed by atoms with Crippen LogP contribution in [0.1, 0.15) is 24.8 Å². The van der Waals surface area contributed by atoms with Crippen LogP contribution in [0.5, 0.6) is 0 Å². The van der Waals surface area contributed by atoms with E-state index in [0.717, 1.165) is 37.4 Å². The molecule has 1 N–H and O–H groups in total. The van der Waals surface area contributed by atoms with Gasteiger partial charge in [0.15, 0.2) is 0 Å². The van der Waals surface area contributed by atoms with Crippen LogP contribution in [0.15, 0.2) is 24.5 Å². The van der Waals surface area contributed by atoms with E-state index < -0.39 is 0 Å². The van der Waals surface area contributed by atoms with Crippen LogP contribution < -0.4 is 10.2 Å². The van der Waals surface area contributed by atoms with E-state index in [0.29, 0.717) is 19.0 Å². The first kappa shape index (κ1) is 16.7. The number of hydrogen-bond acceptors (Lipinski definition) is 5. The summed E-state index contributed by atoms with van der Waals surface area (Å²) in [5.41, 5.74) is 2.88. The number of carbonyl (C=O) groups is 2. The number of aromatic nitrogens is 2. The maximum Gasteiger partial charge on any atom is 0.328 e. The third kappa shape index (κ3) is 3.08. The molecular weight excluding hydrogens is 344 g/mol. The molecule has 3 aliphatic heterocycles. The van der Waals surface area contributed by atoms with Crippen molar-refractivity contribution in [3.8, 4) is 0 Å². The lowest BCUT2D eigenvalue weighted by Crippen LogP contribution is -2.49. The summed E-state index contributed by atoms with van der Waals surface area (Å²) < 4.78 is 1.79. The number of anilines is 1. The van der Waals surface area contributed by atoms with Crippen LogP contribution in [0.4, 0.5) is 10.5 Å². The molecule has 2 aromatic heterocycles. The van der Waals surface area contributed by atoms with Crippen molar-refractivity contribution in [2.24, 2.45) is 0 Å². The number of amides is 3. The first-order valence-electron chi connectivity index (χ1n) is 9.71. The topological polar surface area (TPSA) is 73.2 Å². The largest absolute Gasteiger partial charge is 0.328 e. The molecule has 3 amide bonds. The highest BCUT2D eigenvalue weighted by Crippen LogP contribution is 2.26. The van der Waals surface area contributed by atoms with Gasteiger partial charge >= 0.3 is 6.03 Å². The van der Waals surface area contributed by atoms with Crippen LogP contribution >= 0.6 is 0 Å². The van der Waals surface area contributed by atoms with Crippen LogP contribution in [0, 0.1) is 0 Å². The van der Waals surface area contributed by atoms with Gasteiger partial charge in [-0.05, 0) is 37.1 Å². The van der Waals surface area contributed by atoms with Gasteiger partial charge < -0.3 is 0 Å². The molecule has 3 saturated heterocycles. The first-order valence-corrected chi connectivity index (χ1v) is 9.71. The fraction of sp³-hybridized carbons (Fsp3) is 0.526. The van der Waals surface area contributed by atoms with E-state index in [-0.39, 0.29) is 11.9 Å². The van der Waals surface area contributed by atoms with Gasteiger partial charge in [0.05, 0.1) is 17.4 Å². The van der Waals surface area contributed by atoms with Crippen molar-refractivity contribution < 1.29 is 9.59 Å². The third-order valence-corrected chi connectivity index (χ3v) is 5.99. The molecule has 0 aromatic carbocycles. The van der Waals surface area contributed by atoms with E-state index in [1.165, 1.54) is 24.9 Å². The molecule has 3 aliphatic rings. The maximum absolute atomic E-state index is 12.2. The molecule has 8 nitrogen and oxygen atoms in total. The lowest BCUT2D eigenvalue weighted by molar-refractivity contribution is -0.120. The van der Waals surface area contributed by atoms with Crippen molar-refractivity contribution in [3.63, 3.8) is 0 Å². The lowest BCUT2D eigenvalue weighted by Gasteiger charge is -2.37. The van der Waals surface area contributed by atoms with Crippen LogP contribution in [0.3, 0.4) is 0 Å². The molecule has 0 aliphatic carbocycles. The summed E-state index contributed by atoms with van der Waals surface area (Å²) in [6.45, 7) is 5.95. The Morgan fingerprint density at radius 2 is 2.11 bits per heavy atom. The van der Waals surface area contributed by atoms with Crippen LogP contribution in [-0.4, -0.2) is 70.1 Å². The number of fused-ring (bicyclic) bond motifs is 2. The minimum absolute atomic E-state index is 0.223. The molecule has 0 radical (unpaired) electrons. The number of urea groups is 1.